The summed E-state index contributed by atoms with van der Waals surface area (Å²) in [6.45, 7) is 10.2. The fourth-order valence-corrected chi connectivity index (χ4v) is 4.76. The van der Waals surface area contributed by atoms with Gasteiger partial charge in [-0.05, 0) is 54.2 Å². The maximum atomic E-state index is 13.6. The third kappa shape index (κ3) is 8.62. The fourth-order valence-electron chi connectivity index (χ4n) is 3.65. The number of nitrogens with zero attached hydrogens (tertiary/aromatic N) is 2. The van der Waals surface area contributed by atoms with Crippen LogP contribution in [0.2, 0.25) is 0 Å². The standard InChI is InChI=1S/C27H38BrN3O4S/c1-7-8-17-29-26(33)20(2)30(18-21-9-13-23(28)14-10-21)25(32)19-31(36(6,34)35)24-15-11-22(12-16-24)27(3,4)5/h9-16,20H,7-8,17-19H2,1-6H3,(H,29,33). The van der Waals surface area contributed by atoms with Crippen LogP contribution >= 0.6 is 15.9 Å². The van der Waals surface area contributed by atoms with Gasteiger partial charge in [-0.25, -0.2) is 8.42 Å². The van der Waals surface area contributed by atoms with E-state index in [1.165, 1.54) is 4.90 Å². The number of halogens is 1. The molecule has 1 unspecified atom stereocenters. The third-order valence-electron chi connectivity index (χ3n) is 5.96. The molecule has 9 heteroatoms. The Balaban J connectivity index is 2.35. The smallest absolute Gasteiger partial charge is 0.244 e. The summed E-state index contributed by atoms with van der Waals surface area (Å²) in [6, 6.07) is 13.9. The molecule has 0 saturated carbocycles. The van der Waals surface area contributed by atoms with Crippen molar-refractivity contribution in [2.45, 2.75) is 65.5 Å². The Kier molecular flexibility index (Phi) is 10.5. The summed E-state index contributed by atoms with van der Waals surface area (Å²) in [5.41, 5.74) is 2.20. The molecule has 7 nitrogen and oxygen atoms in total. The molecule has 0 aliphatic heterocycles. The molecule has 198 valence electrons. The van der Waals surface area contributed by atoms with Crippen LogP contribution < -0.4 is 9.62 Å². The van der Waals surface area contributed by atoms with Gasteiger partial charge in [0.05, 0.1) is 11.9 Å². The third-order valence-corrected chi connectivity index (χ3v) is 7.63. The van der Waals surface area contributed by atoms with E-state index < -0.39 is 28.5 Å². The quantitative estimate of drug-likeness (QED) is 0.386. The summed E-state index contributed by atoms with van der Waals surface area (Å²) in [5.74, 6) is -0.726. The highest BCUT2D eigenvalue weighted by molar-refractivity contribution is 9.10. The van der Waals surface area contributed by atoms with Crippen LogP contribution in [0.5, 0.6) is 0 Å². The monoisotopic (exact) mass is 579 g/mol. The van der Waals surface area contributed by atoms with E-state index in [2.05, 4.69) is 42.0 Å². The lowest BCUT2D eigenvalue weighted by Gasteiger charge is -2.31. The minimum absolute atomic E-state index is 0.0910. The van der Waals surface area contributed by atoms with Crippen molar-refractivity contribution in [1.82, 2.24) is 10.2 Å². The number of anilines is 1. The molecule has 0 aliphatic rings. The van der Waals surface area contributed by atoms with Gasteiger partial charge < -0.3 is 10.2 Å². The highest BCUT2D eigenvalue weighted by atomic mass is 79.9. The second-order valence-electron chi connectivity index (χ2n) is 10.0. The minimum Gasteiger partial charge on any atom is -0.354 e. The van der Waals surface area contributed by atoms with Gasteiger partial charge in [0.15, 0.2) is 0 Å². The van der Waals surface area contributed by atoms with Gasteiger partial charge in [-0.2, -0.15) is 0 Å². The molecule has 0 radical (unpaired) electrons. The molecule has 2 amide bonds. The summed E-state index contributed by atoms with van der Waals surface area (Å²) in [4.78, 5) is 27.9. The number of rotatable bonds is 11. The Bertz CT molecular complexity index is 1130. The van der Waals surface area contributed by atoms with E-state index in [1.807, 2.05) is 43.3 Å². The number of amides is 2. The number of carbonyl (C=O) groups is 2. The number of hydrogen-bond donors (Lipinski definition) is 1. The molecule has 2 aromatic rings. The summed E-state index contributed by atoms with van der Waals surface area (Å²) < 4.78 is 27.4. The Hall–Kier alpha value is -2.39. The molecular formula is C27H38BrN3O4S. The van der Waals surface area contributed by atoms with E-state index in [9.17, 15) is 18.0 Å². The zero-order valence-electron chi connectivity index (χ0n) is 22.0. The molecular weight excluding hydrogens is 542 g/mol. The van der Waals surface area contributed by atoms with Crippen molar-refractivity contribution in [3.63, 3.8) is 0 Å². The Morgan fingerprint density at radius 1 is 1.03 bits per heavy atom. The second kappa shape index (κ2) is 12.7. The van der Waals surface area contributed by atoms with Crippen molar-refractivity contribution < 1.29 is 18.0 Å². The zero-order chi connectivity index (χ0) is 27.1. The van der Waals surface area contributed by atoms with Crippen LogP contribution in [-0.2, 0) is 31.6 Å². The second-order valence-corrected chi connectivity index (χ2v) is 12.9. The summed E-state index contributed by atoms with van der Waals surface area (Å²) >= 11 is 3.41. The number of sulfonamides is 1. The van der Waals surface area contributed by atoms with Crippen LogP contribution in [0.15, 0.2) is 53.0 Å². The summed E-state index contributed by atoms with van der Waals surface area (Å²) in [7, 11) is -3.76. The number of benzene rings is 2. The average molecular weight is 581 g/mol. The van der Waals surface area contributed by atoms with Gasteiger partial charge in [-0.3, -0.25) is 13.9 Å². The van der Waals surface area contributed by atoms with Gasteiger partial charge in [-0.1, -0.05) is 74.3 Å². The maximum absolute atomic E-state index is 13.6. The number of nitrogens with one attached hydrogen (secondary N) is 1. The molecule has 0 spiro atoms. The van der Waals surface area contributed by atoms with E-state index in [-0.39, 0.29) is 17.9 Å². The highest BCUT2D eigenvalue weighted by Gasteiger charge is 2.30. The average Bonchev–Trinajstić information content (AvgIpc) is 2.80. The molecule has 0 heterocycles. The molecule has 1 atom stereocenters. The lowest BCUT2D eigenvalue weighted by atomic mass is 9.87. The lowest BCUT2D eigenvalue weighted by molar-refractivity contribution is -0.139. The van der Waals surface area contributed by atoms with Gasteiger partial charge in [0.2, 0.25) is 21.8 Å². The molecule has 0 aromatic heterocycles. The number of carbonyl (C=O) groups excluding carboxylic acids is 2. The van der Waals surface area contributed by atoms with Crippen molar-refractivity contribution >= 4 is 43.5 Å². The fraction of sp³-hybridized carbons (Fsp3) is 0.481. The largest absolute Gasteiger partial charge is 0.354 e. The predicted molar refractivity (Wildman–Crippen MR) is 149 cm³/mol. The molecule has 0 saturated heterocycles. The predicted octanol–water partition coefficient (Wildman–Crippen LogP) is 4.85. The van der Waals surface area contributed by atoms with Crippen molar-refractivity contribution in [1.29, 1.82) is 0 Å². The number of unbranched alkanes of at least 4 members (excludes halogenated alkanes) is 1. The van der Waals surface area contributed by atoms with Crippen molar-refractivity contribution in [2.75, 3.05) is 23.7 Å². The molecule has 0 aliphatic carbocycles. The summed E-state index contributed by atoms with van der Waals surface area (Å²) in [6.07, 6.45) is 2.86. The first-order chi connectivity index (χ1) is 16.7. The van der Waals surface area contributed by atoms with Crippen LogP contribution in [0.3, 0.4) is 0 Å². The first kappa shape index (κ1) is 29.8. The molecule has 2 aromatic carbocycles. The SMILES string of the molecule is CCCCNC(=O)C(C)N(Cc1ccc(Br)cc1)C(=O)CN(c1ccc(C(C)(C)C)cc1)S(C)(=O)=O. The van der Waals surface area contributed by atoms with Crippen LogP contribution in [0.25, 0.3) is 0 Å². The van der Waals surface area contributed by atoms with Crippen molar-refractivity contribution in [3.8, 4) is 0 Å². The topological polar surface area (TPSA) is 86.8 Å². The van der Waals surface area contributed by atoms with Gasteiger partial charge in [0, 0.05) is 17.6 Å². The first-order valence-electron chi connectivity index (χ1n) is 12.1. The summed E-state index contributed by atoms with van der Waals surface area (Å²) in [5, 5.41) is 2.88. The van der Waals surface area contributed by atoms with Crippen molar-refractivity contribution in [2.24, 2.45) is 0 Å². The van der Waals surface area contributed by atoms with Gasteiger partial charge >= 0.3 is 0 Å². The molecule has 1 N–H and O–H groups in total. The van der Waals surface area contributed by atoms with E-state index in [0.29, 0.717) is 12.2 Å². The van der Waals surface area contributed by atoms with Crippen LogP contribution in [-0.4, -0.2) is 50.5 Å². The van der Waals surface area contributed by atoms with Crippen molar-refractivity contribution in [3.05, 3.63) is 64.1 Å². The number of hydrogen-bond acceptors (Lipinski definition) is 4. The van der Waals surface area contributed by atoms with E-state index in [0.717, 1.165) is 39.0 Å². The van der Waals surface area contributed by atoms with Crippen LogP contribution in [0.4, 0.5) is 5.69 Å². The van der Waals surface area contributed by atoms with Gasteiger partial charge in [0.1, 0.15) is 12.6 Å². The molecule has 36 heavy (non-hydrogen) atoms. The van der Waals surface area contributed by atoms with E-state index in [1.54, 1.807) is 19.1 Å². The first-order valence-corrected chi connectivity index (χ1v) is 14.8. The zero-order valence-corrected chi connectivity index (χ0v) is 24.4. The Morgan fingerprint density at radius 3 is 2.11 bits per heavy atom. The van der Waals surface area contributed by atoms with E-state index >= 15 is 0 Å². The van der Waals surface area contributed by atoms with Gasteiger partial charge in [0.25, 0.3) is 0 Å². The van der Waals surface area contributed by atoms with Crippen LogP contribution in [0, 0.1) is 0 Å². The Labute approximate surface area is 224 Å². The maximum Gasteiger partial charge on any atom is 0.244 e. The Morgan fingerprint density at radius 2 is 1.61 bits per heavy atom. The van der Waals surface area contributed by atoms with Gasteiger partial charge in [-0.15, -0.1) is 0 Å². The van der Waals surface area contributed by atoms with E-state index in [4.69, 9.17) is 0 Å². The molecule has 0 fully saturated rings. The molecule has 0 bridgehead atoms. The lowest BCUT2D eigenvalue weighted by Crippen LogP contribution is -2.51. The normalized spacial score (nSPS) is 12.6. The van der Waals surface area contributed by atoms with Crippen LogP contribution in [0.1, 0.15) is 58.6 Å². The highest BCUT2D eigenvalue weighted by Crippen LogP contribution is 2.26. The molecule has 2 rings (SSSR count). The minimum atomic E-state index is -3.76.